The van der Waals surface area contributed by atoms with E-state index in [0.717, 1.165) is 0 Å². The normalized spacial score (nSPS) is 19.3. The molecular weight excluding hydrogens is 370 g/mol. The SMILES string of the molecule is CC(C)OCCN1C(=O)C(=O)/C(=C(\O)c2ccc(Cl)cc2)C1c1ccco1. The highest BCUT2D eigenvalue weighted by Gasteiger charge is 2.47. The van der Waals surface area contributed by atoms with E-state index in [1.54, 1.807) is 36.4 Å². The van der Waals surface area contributed by atoms with E-state index in [9.17, 15) is 14.7 Å². The van der Waals surface area contributed by atoms with Gasteiger partial charge in [-0.2, -0.15) is 0 Å². The Balaban J connectivity index is 2.03. The lowest BCUT2D eigenvalue weighted by Crippen LogP contribution is -2.33. The zero-order valence-corrected chi connectivity index (χ0v) is 15.8. The third-order valence-electron chi connectivity index (χ3n) is 4.25. The maximum Gasteiger partial charge on any atom is 0.295 e. The number of halogens is 1. The van der Waals surface area contributed by atoms with Crippen LogP contribution in [0.1, 0.15) is 31.2 Å². The highest BCUT2D eigenvalue weighted by atomic mass is 35.5. The van der Waals surface area contributed by atoms with E-state index in [1.807, 2.05) is 13.8 Å². The van der Waals surface area contributed by atoms with Crippen molar-refractivity contribution < 1.29 is 23.8 Å². The Morgan fingerprint density at radius 1 is 1.26 bits per heavy atom. The summed E-state index contributed by atoms with van der Waals surface area (Å²) in [6, 6.07) is 8.91. The average Bonchev–Trinajstić information content (AvgIpc) is 3.24. The van der Waals surface area contributed by atoms with Crippen LogP contribution in [0.15, 0.2) is 52.7 Å². The first-order chi connectivity index (χ1) is 12.9. The number of carbonyl (C=O) groups is 2. The summed E-state index contributed by atoms with van der Waals surface area (Å²) in [5.74, 6) is -1.32. The van der Waals surface area contributed by atoms with Gasteiger partial charge in [0.2, 0.25) is 0 Å². The Morgan fingerprint density at radius 2 is 1.96 bits per heavy atom. The van der Waals surface area contributed by atoms with Crippen molar-refractivity contribution in [2.24, 2.45) is 0 Å². The number of aliphatic hydroxyl groups is 1. The second-order valence-corrected chi connectivity index (χ2v) is 6.87. The second-order valence-electron chi connectivity index (χ2n) is 6.43. The van der Waals surface area contributed by atoms with Crippen LogP contribution in [0, 0.1) is 0 Å². The molecule has 1 saturated heterocycles. The van der Waals surface area contributed by atoms with E-state index in [4.69, 9.17) is 20.8 Å². The van der Waals surface area contributed by atoms with Crippen LogP contribution in [-0.2, 0) is 14.3 Å². The van der Waals surface area contributed by atoms with Crippen LogP contribution < -0.4 is 0 Å². The number of hydrogen-bond donors (Lipinski definition) is 1. The molecule has 1 unspecified atom stereocenters. The molecule has 1 aliphatic heterocycles. The molecule has 0 bridgehead atoms. The molecule has 2 aromatic rings. The van der Waals surface area contributed by atoms with E-state index in [-0.39, 0.29) is 30.6 Å². The average molecular weight is 390 g/mol. The molecule has 1 amide bonds. The number of rotatable bonds is 6. The van der Waals surface area contributed by atoms with E-state index >= 15 is 0 Å². The molecule has 7 heteroatoms. The number of hydrogen-bond acceptors (Lipinski definition) is 5. The lowest BCUT2D eigenvalue weighted by molar-refractivity contribution is -0.140. The van der Waals surface area contributed by atoms with Gasteiger partial charge in [0, 0.05) is 17.1 Å². The molecule has 142 valence electrons. The van der Waals surface area contributed by atoms with Crippen molar-refractivity contribution in [3.8, 4) is 0 Å². The predicted molar refractivity (Wildman–Crippen MR) is 100 cm³/mol. The largest absolute Gasteiger partial charge is 0.507 e. The number of carbonyl (C=O) groups excluding carboxylic acids is 2. The summed E-state index contributed by atoms with van der Waals surface area (Å²) in [6.07, 6.45) is 1.46. The molecule has 1 fully saturated rings. The number of likely N-dealkylation sites (tertiary alicyclic amines) is 1. The number of benzene rings is 1. The molecule has 6 nitrogen and oxygen atoms in total. The Morgan fingerprint density at radius 3 is 2.56 bits per heavy atom. The summed E-state index contributed by atoms with van der Waals surface area (Å²) in [4.78, 5) is 26.6. The fourth-order valence-corrected chi connectivity index (χ4v) is 3.13. The highest BCUT2D eigenvalue weighted by molar-refractivity contribution is 6.46. The van der Waals surface area contributed by atoms with Crippen LogP contribution in [0.3, 0.4) is 0 Å². The third kappa shape index (κ3) is 3.91. The van der Waals surface area contributed by atoms with Gasteiger partial charge in [-0.05, 0) is 50.2 Å². The number of amides is 1. The minimum atomic E-state index is -0.813. The molecule has 0 aliphatic carbocycles. The molecule has 1 N–H and O–H groups in total. The van der Waals surface area contributed by atoms with Gasteiger partial charge in [0.1, 0.15) is 17.6 Å². The van der Waals surface area contributed by atoms with Crippen molar-refractivity contribution >= 4 is 29.1 Å². The molecule has 1 aliphatic rings. The van der Waals surface area contributed by atoms with Crippen molar-refractivity contribution in [2.45, 2.75) is 26.0 Å². The number of nitrogens with zero attached hydrogens (tertiary/aromatic N) is 1. The molecule has 2 heterocycles. The molecule has 0 radical (unpaired) electrons. The summed E-state index contributed by atoms with van der Waals surface area (Å²) >= 11 is 5.89. The Kier molecular flexibility index (Phi) is 5.68. The van der Waals surface area contributed by atoms with E-state index in [0.29, 0.717) is 16.3 Å². The van der Waals surface area contributed by atoms with Gasteiger partial charge in [0.05, 0.1) is 24.5 Å². The van der Waals surface area contributed by atoms with Crippen LogP contribution in [0.5, 0.6) is 0 Å². The molecule has 1 aromatic carbocycles. The molecule has 0 saturated carbocycles. The van der Waals surface area contributed by atoms with Crippen LogP contribution >= 0.6 is 11.6 Å². The summed E-state index contributed by atoms with van der Waals surface area (Å²) in [7, 11) is 0. The Bertz CT molecular complexity index is 855. The second kappa shape index (κ2) is 7.98. The first-order valence-electron chi connectivity index (χ1n) is 8.59. The zero-order chi connectivity index (χ0) is 19.6. The first kappa shape index (κ1) is 19.2. The number of ether oxygens (including phenoxy) is 1. The summed E-state index contributed by atoms with van der Waals surface area (Å²) in [5, 5.41) is 11.3. The number of ketones is 1. The maximum atomic E-state index is 12.7. The molecule has 1 atom stereocenters. The fourth-order valence-electron chi connectivity index (χ4n) is 3.00. The van der Waals surface area contributed by atoms with Gasteiger partial charge in [0.15, 0.2) is 0 Å². The predicted octanol–water partition coefficient (Wildman–Crippen LogP) is 3.78. The zero-order valence-electron chi connectivity index (χ0n) is 15.0. The van der Waals surface area contributed by atoms with Crippen LogP contribution in [0.2, 0.25) is 5.02 Å². The van der Waals surface area contributed by atoms with Crippen molar-refractivity contribution in [3.63, 3.8) is 0 Å². The summed E-state index contributed by atoms with van der Waals surface area (Å²) in [5.41, 5.74) is 0.384. The van der Waals surface area contributed by atoms with E-state index in [1.165, 1.54) is 11.2 Å². The standard InChI is InChI=1S/C20H20ClNO5/c1-12(2)26-11-9-22-17(15-4-3-10-27-15)16(19(24)20(22)25)18(23)13-5-7-14(21)8-6-13/h3-8,10,12,17,23H,9,11H2,1-2H3/b18-16-. The highest BCUT2D eigenvalue weighted by Crippen LogP contribution is 2.39. The molecular formula is C20H20ClNO5. The molecule has 0 spiro atoms. The Labute approximate surface area is 162 Å². The lowest BCUT2D eigenvalue weighted by Gasteiger charge is -2.23. The lowest BCUT2D eigenvalue weighted by atomic mass is 9.99. The number of aliphatic hydroxyl groups excluding tert-OH is 1. The monoisotopic (exact) mass is 389 g/mol. The van der Waals surface area contributed by atoms with Gasteiger partial charge < -0.3 is 19.2 Å². The quantitative estimate of drug-likeness (QED) is 0.462. The van der Waals surface area contributed by atoms with E-state index < -0.39 is 17.7 Å². The van der Waals surface area contributed by atoms with Crippen LogP contribution in [0.25, 0.3) is 5.76 Å². The summed E-state index contributed by atoms with van der Waals surface area (Å²) in [6.45, 7) is 4.24. The maximum absolute atomic E-state index is 12.7. The molecule has 3 rings (SSSR count). The number of Topliss-reactive ketones (excluding diaryl/α,β-unsaturated/α-hetero) is 1. The Hall–Kier alpha value is -2.57. The van der Waals surface area contributed by atoms with Crippen LogP contribution in [0.4, 0.5) is 0 Å². The first-order valence-corrected chi connectivity index (χ1v) is 8.97. The molecule has 27 heavy (non-hydrogen) atoms. The van der Waals surface area contributed by atoms with Gasteiger partial charge in [0.25, 0.3) is 11.7 Å². The fraction of sp³-hybridized carbons (Fsp3) is 0.300. The van der Waals surface area contributed by atoms with Gasteiger partial charge >= 0.3 is 0 Å². The van der Waals surface area contributed by atoms with Crippen molar-refractivity contribution in [2.75, 3.05) is 13.2 Å². The van der Waals surface area contributed by atoms with Crippen molar-refractivity contribution in [1.82, 2.24) is 4.90 Å². The topological polar surface area (TPSA) is 80.0 Å². The third-order valence-corrected chi connectivity index (χ3v) is 4.51. The minimum absolute atomic E-state index is 0.00190. The van der Waals surface area contributed by atoms with Gasteiger partial charge in [-0.15, -0.1) is 0 Å². The smallest absolute Gasteiger partial charge is 0.295 e. The van der Waals surface area contributed by atoms with Gasteiger partial charge in [-0.1, -0.05) is 11.6 Å². The van der Waals surface area contributed by atoms with E-state index in [2.05, 4.69) is 0 Å². The van der Waals surface area contributed by atoms with Crippen LogP contribution in [-0.4, -0.2) is 41.0 Å². The van der Waals surface area contributed by atoms with Crippen molar-refractivity contribution in [3.05, 3.63) is 64.6 Å². The van der Waals surface area contributed by atoms with Crippen molar-refractivity contribution in [1.29, 1.82) is 0 Å². The van der Waals surface area contributed by atoms with Gasteiger partial charge in [-0.25, -0.2) is 0 Å². The summed E-state index contributed by atoms with van der Waals surface area (Å²) < 4.78 is 11.0. The number of furan rings is 1. The van der Waals surface area contributed by atoms with Gasteiger partial charge in [-0.3, -0.25) is 9.59 Å². The molecule has 1 aromatic heterocycles. The minimum Gasteiger partial charge on any atom is -0.507 e.